The van der Waals surface area contributed by atoms with Crippen molar-refractivity contribution in [1.82, 2.24) is 20.9 Å². The Balaban J connectivity index is 1.54. The number of hydrogen-bond acceptors (Lipinski definition) is 6. The van der Waals surface area contributed by atoms with Gasteiger partial charge in [-0.15, -0.1) is 0 Å². The van der Waals surface area contributed by atoms with Gasteiger partial charge in [0.15, 0.2) is 0 Å². The van der Waals surface area contributed by atoms with Crippen molar-refractivity contribution in [2.24, 2.45) is 0 Å². The average molecular weight is 384 g/mol. The van der Waals surface area contributed by atoms with Gasteiger partial charge in [0, 0.05) is 25.6 Å². The molecule has 8 heteroatoms. The number of imide groups is 2. The Hall–Kier alpha value is -2.58. The molecule has 3 N–H and O–H groups in total. The maximum Gasteiger partial charge on any atom is 0.262 e. The van der Waals surface area contributed by atoms with E-state index in [1.165, 1.54) is 0 Å². The van der Waals surface area contributed by atoms with E-state index in [4.69, 9.17) is 0 Å². The topological polar surface area (TPSA) is 108 Å². The van der Waals surface area contributed by atoms with Gasteiger partial charge in [-0.2, -0.15) is 0 Å². The van der Waals surface area contributed by atoms with Crippen molar-refractivity contribution in [1.29, 1.82) is 0 Å². The maximum absolute atomic E-state index is 13.1. The first-order chi connectivity index (χ1) is 13.6. The van der Waals surface area contributed by atoms with E-state index in [1.54, 1.807) is 12.1 Å². The fourth-order valence-corrected chi connectivity index (χ4v) is 4.18. The van der Waals surface area contributed by atoms with Crippen LogP contribution >= 0.6 is 0 Å². The first-order valence-corrected chi connectivity index (χ1v) is 9.84. The van der Waals surface area contributed by atoms with Crippen LogP contribution in [0.25, 0.3) is 0 Å². The van der Waals surface area contributed by atoms with E-state index in [1.807, 2.05) is 6.07 Å². The van der Waals surface area contributed by atoms with Gasteiger partial charge in [-0.25, -0.2) is 0 Å². The summed E-state index contributed by atoms with van der Waals surface area (Å²) in [6, 6.07) is 4.61. The lowest BCUT2D eigenvalue weighted by Crippen LogP contribution is -2.54. The second-order valence-corrected chi connectivity index (χ2v) is 7.56. The molecule has 3 aliphatic rings. The van der Waals surface area contributed by atoms with Crippen molar-refractivity contribution in [3.05, 3.63) is 34.9 Å². The molecule has 4 rings (SSSR count). The lowest BCUT2D eigenvalue weighted by atomic mass is 10.0. The third kappa shape index (κ3) is 3.45. The fraction of sp³-hybridized carbons (Fsp3) is 0.500. The van der Waals surface area contributed by atoms with Crippen molar-refractivity contribution < 1.29 is 19.2 Å². The summed E-state index contributed by atoms with van der Waals surface area (Å²) in [6.07, 6.45) is 3.66. The molecule has 2 atom stereocenters. The zero-order chi connectivity index (χ0) is 19.7. The van der Waals surface area contributed by atoms with Crippen LogP contribution in [0.15, 0.2) is 18.2 Å². The van der Waals surface area contributed by atoms with E-state index in [0.717, 1.165) is 42.8 Å². The molecule has 0 aliphatic carbocycles. The van der Waals surface area contributed by atoms with Gasteiger partial charge >= 0.3 is 0 Å². The van der Waals surface area contributed by atoms with E-state index in [2.05, 4.69) is 16.0 Å². The summed E-state index contributed by atoms with van der Waals surface area (Å²) in [7, 11) is 0. The molecule has 28 heavy (non-hydrogen) atoms. The van der Waals surface area contributed by atoms with E-state index in [0.29, 0.717) is 23.7 Å². The molecule has 0 spiro atoms. The van der Waals surface area contributed by atoms with E-state index < -0.39 is 23.8 Å². The van der Waals surface area contributed by atoms with E-state index >= 15 is 0 Å². The van der Waals surface area contributed by atoms with Crippen LogP contribution in [0.1, 0.15) is 58.4 Å². The number of nitrogens with zero attached hydrogens (tertiary/aromatic N) is 1. The number of carbonyl (C=O) groups is 4. The van der Waals surface area contributed by atoms with Crippen LogP contribution in [0.4, 0.5) is 0 Å². The summed E-state index contributed by atoms with van der Waals surface area (Å²) in [5.74, 6) is -1.88. The van der Waals surface area contributed by atoms with Crippen LogP contribution < -0.4 is 16.0 Å². The molecule has 2 fully saturated rings. The van der Waals surface area contributed by atoms with Crippen LogP contribution in [0.3, 0.4) is 0 Å². The number of amides is 4. The first-order valence-electron chi connectivity index (χ1n) is 9.84. The average Bonchev–Trinajstić information content (AvgIpc) is 2.85. The van der Waals surface area contributed by atoms with Crippen molar-refractivity contribution in [2.45, 2.75) is 50.7 Å². The normalized spacial score (nSPS) is 25.5. The second-order valence-electron chi connectivity index (χ2n) is 7.56. The molecule has 1 aromatic carbocycles. The first kappa shape index (κ1) is 18.8. The lowest BCUT2D eigenvalue weighted by Gasteiger charge is -2.27. The number of piperidine rings is 1. The molecule has 0 saturated carbocycles. The molecule has 0 bridgehead atoms. The highest BCUT2D eigenvalue weighted by Gasteiger charge is 2.45. The highest BCUT2D eigenvalue weighted by atomic mass is 16.2. The van der Waals surface area contributed by atoms with Gasteiger partial charge in [0.1, 0.15) is 6.04 Å². The van der Waals surface area contributed by atoms with Crippen molar-refractivity contribution in [2.75, 3.05) is 13.1 Å². The van der Waals surface area contributed by atoms with Crippen LogP contribution in [0.2, 0.25) is 0 Å². The number of fused-ring (bicyclic) bond motifs is 1. The molecule has 148 valence electrons. The summed E-state index contributed by atoms with van der Waals surface area (Å²) in [4.78, 5) is 50.5. The van der Waals surface area contributed by atoms with Crippen LogP contribution in [-0.2, 0) is 16.1 Å². The Kier molecular flexibility index (Phi) is 5.23. The molecule has 8 nitrogen and oxygen atoms in total. The molecule has 2 saturated heterocycles. The standard InChI is InChI=1S/C20H24N4O4/c25-16-8-7-15(18(26)23-16)24-19(27)14-6-3-4-12(17(14)20(24)28)10-22-13-5-1-2-9-21-11-13/h3-4,6,13,15,21-22H,1-2,5,7-11H2,(H,23,25,26). The van der Waals surface area contributed by atoms with Gasteiger partial charge in [0.2, 0.25) is 11.8 Å². The zero-order valence-corrected chi connectivity index (χ0v) is 15.6. The van der Waals surface area contributed by atoms with Gasteiger partial charge in [-0.3, -0.25) is 29.4 Å². The molecule has 3 aliphatic heterocycles. The predicted octanol–water partition coefficient (Wildman–Crippen LogP) is 0.320. The highest BCUT2D eigenvalue weighted by molar-refractivity contribution is 6.24. The Morgan fingerprint density at radius 3 is 2.75 bits per heavy atom. The third-order valence-electron chi connectivity index (χ3n) is 5.68. The number of carbonyl (C=O) groups excluding carboxylic acids is 4. The van der Waals surface area contributed by atoms with E-state index in [-0.39, 0.29) is 18.7 Å². The summed E-state index contributed by atoms with van der Waals surface area (Å²) in [5.41, 5.74) is 1.45. The summed E-state index contributed by atoms with van der Waals surface area (Å²) < 4.78 is 0. The van der Waals surface area contributed by atoms with E-state index in [9.17, 15) is 19.2 Å². The molecule has 0 radical (unpaired) electrons. The fourth-order valence-electron chi connectivity index (χ4n) is 4.18. The molecule has 0 aromatic heterocycles. The van der Waals surface area contributed by atoms with Gasteiger partial charge in [-0.1, -0.05) is 18.6 Å². The molecule has 4 amide bonds. The smallest absolute Gasteiger partial charge is 0.262 e. The Labute approximate surface area is 163 Å². The number of nitrogens with one attached hydrogen (secondary N) is 3. The quantitative estimate of drug-likeness (QED) is 0.646. The highest BCUT2D eigenvalue weighted by Crippen LogP contribution is 2.30. The minimum Gasteiger partial charge on any atom is -0.315 e. The molecule has 2 unspecified atom stereocenters. The van der Waals surface area contributed by atoms with Crippen molar-refractivity contribution in [3.8, 4) is 0 Å². The Morgan fingerprint density at radius 2 is 1.93 bits per heavy atom. The third-order valence-corrected chi connectivity index (χ3v) is 5.68. The maximum atomic E-state index is 13.1. The predicted molar refractivity (Wildman–Crippen MR) is 100 cm³/mol. The SMILES string of the molecule is O=C1CCC(N2C(=O)c3cccc(CNC4CCCCNC4)c3C2=O)C(=O)N1. The monoisotopic (exact) mass is 384 g/mol. The van der Waals surface area contributed by atoms with Crippen molar-refractivity contribution >= 4 is 23.6 Å². The lowest BCUT2D eigenvalue weighted by molar-refractivity contribution is -0.136. The number of benzene rings is 1. The largest absolute Gasteiger partial charge is 0.315 e. The van der Waals surface area contributed by atoms with Gasteiger partial charge in [0.25, 0.3) is 11.8 Å². The Morgan fingerprint density at radius 1 is 1.07 bits per heavy atom. The van der Waals surface area contributed by atoms with Gasteiger partial charge in [0.05, 0.1) is 11.1 Å². The van der Waals surface area contributed by atoms with Gasteiger partial charge < -0.3 is 10.6 Å². The van der Waals surface area contributed by atoms with Gasteiger partial charge in [-0.05, 0) is 37.4 Å². The second kappa shape index (κ2) is 7.81. The summed E-state index contributed by atoms with van der Waals surface area (Å²) in [6.45, 7) is 2.38. The zero-order valence-electron chi connectivity index (χ0n) is 15.6. The summed E-state index contributed by atoms with van der Waals surface area (Å²) >= 11 is 0. The van der Waals surface area contributed by atoms with Crippen molar-refractivity contribution in [3.63, 3.8) is 0 Å². The molecular formula is C20H24N4O4. The minimum atomic E-state index is -0.933. The molecule has 1 aromatic rings. The molecular weight excluding hydrogens is 360 g/mol. The van der Waals surface area contributed by atoms with Crippen LogP contribution in [0.5, 0.6) is 0 Å². The van der Waals surface area contributed by atoms with Crippen LogP contribution in [-0.4, -0.2) is 53.7 Å². The summed E-state index contributed by atoms with van der Waals surface area (Å²) in [5, 5.41) is 9.10. The Bertz CT molecular complexity index is 829. The minimum absolute atomic E-state index is 0.118. The van der Waals surface area contributed by atoms with Crippen LogP contribution in [0, 0.1) is 0 Å². The molecule has 3 heterocycles. The number of rotatable bonds is 4. The number of hydrogen-bond donors (Lipinski definition) is 3.